The van der Waals surface area contributed by atoms with Gasteiger partial charge in [-0.1, -0.05) is 17.7 Å². The van der Waals surface area contributed by atoms with E-state index in [2.05, 4.69) is 35.8 Å². The number of pyridine rings is 1. The van der Waals surface area contributed by atoms with Gasteiger partial charge in [0, 0.05) is 37.1 Å². The Labute approximate surface area is 205 Å². The van der Waals surface area contributed by atoms with Crippen LogP contribution < -0.4 is 16.0 Å². The Bertz CT molecular complexity index is 1360. The van der Waals surface area contributed by atoms with E-state index in [1.807, 2.05) is 18.3 Å². The number of anilines is 2. The second kappa shape index (κ2) is 8.66. The lowest BCUT2D eigenvalue weighted by Crippen LogP contribution is -2.24. The molecule has 6 rings (SSSR count). The first-order chi connectivity index (χ1) is 17.0. The smallest absolute Gasteiger partial charge is 0.256 e. The van der Waals surface area contributed by atoms with Gasteiger partial charge in [-0.25, -0.2) is 9.67 Å². The maximum Gasteiger partial charge on any atom is 0.256 e. The Hall–Kier alpha value is -3.99. The zero-order chi connectivity index (χ0) is 23.9. The van der Waals surface area contributed by atoms with Crippen molar-refractivity contribution in [3.63, 3.8) is 0 Å². The Balaban J connectivity index is 1.11. The number of amides is 1. The predicted molar refractivity (Wildman–Crippen MR) is 129 cm³/mol. The molecule has 12 heteroatoms. The summed E-state index contributed by atoms with van der Waals surface area (Å²) >= 11 is 6.16. The van der Waals surface area contributed by atoms with E-state index >= 15 is 0 Å². The molecular weight excluding hydrogens is 468 g/mol. The second-order valence-corrected chi connectivity index (χ2v) is 9.46. The van der Waals surface area contributed by atoms with E-state index in [0.717, 1.165) is 41.9 Å². The standard InChI is InChI=1S/C23H23ClN10O/c24-18-2-3-20(34-13-28-30-31-34)15(6-18)8-27-23(35)19-12-33(29-22(19)25)9-14-1-4-21(26-7-14)32-10-16-5-17(16)11-32/h1-4,6-7,12-13,16-17H,5,8-11H2,(H2,25,29)(H,27,35). The molecule has 2 atom stereocenters. The topological polar surface area (TPSA) is 133 Å². The molecule has 11 nitrogen and oxygen atoms in total. The van der Waals surface area contributed by atoms with Gasteiger partial charge in [0.15, 0.2) is 5.82 Å². The number of hydrogen-bond donors (Lipinski definition) is 2. The quantitative estimate of drug-likeness (QED) is 0.401. The molecule has 2 fully saturated rings. The fraction of sp³-hybridized carbons (Fsp3) is 0.304. The largest absolute Gasteiger partial charge is 0.382 e. The number of aromatic nitrogens is 7. The van der Waals surface area contributed by atoms with Gasteiger partial charge in [0.1, 0.15) is 17.7 Å². The molecule has 3 aromatic heterocycles. The summed E-state index contributed by atoms with van der Waals surface area (Å²) in [7, 11) is 0. The number of nitrogens with one attached hydrogen (secondary N) is 1. The zero-order valence-corrected chi connectivity index (χ0v) is 19.5. The third kappa shape index (κ3) is 4.42. The Morgan fingerprint density at radius 2 is 2.06 bits per heavy atom. The van der Waals surface area contributed by atoms with Crippen LogP contribution in [-0.2, 0) is 13.1 Å². The Kier molecular flexibility index (Phi) is 5.33. The molecule has 2 unspecified atom stereocenters. The van der Waals surface area contributed by atoms with Crippen LogP contribution in [0.3, 0.4) is 0 Å². The number of hydrogen-bond acceptors (Lipinski definition) is 8. The molecule has 4 heterocycles. The fourth-order valence-electron chi connectivity index (χ4n) is 4.62. The second-order valence-electron chi connectivity index (χ2n) is 9.02. The van der Waals surface area contributed by atoms with Gasteiger partial charge in [-0.2, -0.15) is 5.10 Å². The maximum atomic E-state index is 12.9. The highest BCUT2D eigenvalue weighted by Gasteiger charge is 2.45. The van der Waals surface area contributed by atoms with Gasteiger partial charge in [-0.3, -0.25) is 9.48 Å². The lowest BCUT2D eigenvalue weighted by atomic mass is 10.1. The van der Waals surface area contributed by atoms with E-state index in [-0.39, 0.29) is 18.3 Å². The summed E-state index contributed by atoms with van der Waals surface area (Å²) in [4.78, 5) is 19.8. The predicted octanol–water partition coefficient (Wildman–Crippen LogP) is 1.92. The lowest BCUT2D eigenvalue weighted by molar-refractivity contribution is 0.0951. The molecule has 0 bridgehead atoms. The van der Waals surface area contributed by atoms with E-state index in [1.165, 1.54) is 17.4 Å². The molecule has 0 radical (unpaired) electrons. The van der Waals surface area contributed by atoms with Crippen LogP contribution in [0.1, 0.15) is 27.9 Å². The average molecular weight is 491 g/mol. The summed E-state index contributed by atoms with van der Waals surface area (Å²) in [6.45, 7) is 2.89. The summed E-state index contributed by atoms with van der Waals surface area (Å²) in [6.07, 6.45) is 6.35. The van der Waals surface area contributed by atoms with Crippen LogP contribution in [0.2, 0.25) is 5.02 Å². The van der Waals surface area contributed by atoms with Crippen molar-refractivity contribution in [2.75, 3.05) is 23.7 Å². The SMILES string of the molecule is Nc1nn(Cc2ccc(N3CC4CC4C3)nc2)cc1C(=O)NCc1cc(Cl)ccc1-n1cnnn1. The number of nitrogen functional groups attached to an aromatic ring is 1. The highest BCUT2D eigenvalue weighted by Crippen LogP contribution is 2.45. The third-order valence-electron chi connectivity index (χ3n) is 6.57. The van der Waals surface area contributed by atoms with Crippen LogP contribution in [0.25, 0.3) is 5.69 Å². The van der Waals surface area contributed by atoms with Crippen molar-refractivity contribution in [2.24, 2.45) is 11.8 Å². The number of tetrazole rings is 1. The third-order valence-corrected chi connectivity index (χ3v) is 6.80. The number of fused-ring (bicyclic) bond motifs is 1. The molecule has 1 aliphatic heterocycles. The van der Waals surface area contributed by atoms with Gasteiger partial charge in [0.2, 0.25) is 0 Å². The van der Waals surface area contributed by atoms with Crippen molar-refractivity contribution in [3.05, 3.63) is 70.8 Å². The van der Waals surface area contributed by atoms with Gasteiger partial charge < -0.3 is 16.0 Å². The van der Waals surface area contributed by atoms with Crippen LogP contribution in [0.4, 0.5) is 11.6 Å². The van der Waals surface area contributed by atoms with E-state index in [0.29, 0.717) is 22.8 Å². The van der Waals surface area contributed by atoms with Crippen LogP contribution in [-0.4, -0.2) is 54.0 Å². The molecule has 3 N–H and O–H groups in total. The molecule has 1 aromatic carbocycles. The van der Waals surface area contributed by atoms with Crippen LogP contribution in [0, 0.1) is 11.8 Å². The lowest BCUT2D eigenvalue weighted by Gasteiger charge is -2.18. The number of rotatable bonds is 7. The van der Waals surface area contributed by atoms with E-state index < -0.39 is 0 Å². The molecule has 1 aliphatic carbocycles. The van der Waals surface area contributed by atoms with Crippen molar-refractivity contribution in [1.29, 1.82) is 0 Å². The van der Waals surface area contributed by atoms with Crippen LogP contribution in [0.15, 0.2) is 49.1 Å². The minimum Gasteiger partial charge on any atom is -0.382 e. The highest BCUT2D eigenvalue weighted by molar-refractivity contribution is 6.30. The van der Waals surface area contributed by atoms with Gasteiger partial charge in [-0.05, 0) is 64.1 Å². The number of carbonyl (C=O) groups excluding carboxylic acids is 1. The van der Waals surface area contributed by atoms with Crippen molar-refractivity contribution in [2.45, 2.75) is 19.5 Å². The van der Waals surface area contributed by atoms with Gasteiger partial charge in [0.05, 0.1) is 12.2 Å². The molecule has 4 aromatic rings. The minimum absolute atomic E-state index is 0.162. The van der Waals surface area contributed by atoms with Crippen molar-refractivity contribution < 1.29 is 4.79 Å². The highest BCUT2D eigenvalue weighted by atomic mass is 35.5. The number of carbonyl (C=O) groups is 1. The Morgan fingerprint density at radius 3 is 2.80 bits per heavy atom. The van der Waals surface area contributed by atoms with E-state index in [9.17, 15) is 4.79 Å². The number of piperidine rings is 1. The van der Waals surface area contributed by atoms with Crippen LogP contribution in [0.5, 0.6) is 0 Å². The maximum absolute atomic E-state index is 12.9. The summed E-state index contributed by atoms with van der Waals surface area (Å²) in [5.41, 5.74) is 8.81. The molecule has 178 valence electrons. The first-order valence-corrected chi connectivity index (χ1v) is 11.7. The van der Waals surface area contributed by atoms with Gasteiger partial charge in [0.25, 0.3) is 5.91 Å². The molecule has 1 saturated heterocycles. The Morgan fingerprint density at radius 1 is 1.20 bits per heavy atom. The molecule has 0 spiro atoms. The van der Waals surface area contributed by atoms with E-state index in [1.54, 1.807) is 29.1 Å². The minimum atomic E-state index is -0.336. The summed E-state index contributed by atoms with van der Waals surface area (Å²) in [5, 5.41) is 19.0. The molecule has 2 aliphatic rings. The van der Waals surface area contributed by atoms with Crippen molar-refractivity contribution in [3.8, 4) is 5.69 Å². The fourth-order valence-corrected chi connectivity index (χ4v) is 4.82. The van der Waals surface area contributed by atoms with Gasteiger partial charge in [-0.15, -0.1) is 5.10 Å². The molecule has 1 amide bonds. The summed E-state index contributed by atoms with van der Waals surface area (Å²) < 4.78 is 3.16. The number of nitrogens with two attached hydrogens (primary N) is 1. The van der Waals surface area contributed by atoms with Crippen LogP contribution >= 0.6 is 11.6 Å². The van der Waals surface area contributed by atoms with Crippen molar-refractivity contribution in [1.82, 2.24) is 40.3 Å². The number of halogens is 1. The number of nitrogens with zero attached hydrogens (tertiary/aromatic N) is 8. The zero-order valence-electron chi connectivity index (χ0n) is 18.8. The summed E-state index contributed by atoms with van der Waals surface area (Å²) in [6, 6.07) is 9.38. The van der Waals surface area contributed by atoms with E-state index in [4.69, 9.17) is 17.3 Å². The molecule has 1 saturated carbocycles. The monoisotopic (exact) mass is 490 g/mol. The molecular formula is C23H23ClN10O. The average Bonchev–Trinajstić information content (AvgIpc) is 3.23. The first-order valence-electron chi connectivity index (χ1n) is 11.4. The van der Waals surface area contributed by atoms with Gasteiger partial charge >= 0.3 is 0 Å². The normalized spacial score (nSPS) is 18.5. The summed E-state index contributed by atoms with van der Waals surface area (Å²) in [5.74, 6) is 2.56. The number of benzene rings is 1. The molecule has 35 heavy (non-hydrogen) atoms. The van der Waals surface area contributed by atoms with Crippen molar-refractivity contribution >= 4 is 29.1 Å². The first kappa shape index (κ1) is 21.5.